The number of alkyl halides is 3. The predicted octanol–water partition coefficient (Wildman–Crippen LogP) is 8.84. The van der Waals surface area contributed by atoms with E-state index in [1.165, 1.54) is 56.0 Å². The molecule has 0 amide bonds. The molecule has 1 saturated heterocycles. The van der Waals surface area contributed by atoms with Crippen LogP contribution in [0.3, 0.4) is 0 Å². The van der Waals surface area contributed by atoms with Crippen molar-refractivity contribution in [3.8, 4) is 0 Å². The third kappa shape index (κ3) is 11.7. The summed E-state index contributed by atoms with van der Waals surface area (Å²) in [6.45, 7) is 8.70. The topological polar surface area (TPSA) is 36.0 Å². The highest BCUT2D eigenvalue weighted by Gasteiger charge is 2.33. The van der Waals surface area contributed by atoms with Crippen molar-refractivity contribution in [1.29, 1.82) is 0 Å². The second-order valence-electron chi connectivity index (χ2n) is 11.0. The molecule has 43 heavy (non-hydrogen) atoms. The number of fused-ring (bicyclic) bond motifs is 2. The van der Waals surface area contributed by atoms with E-state index in [1.54, 1.807) is 6.07 Å². The predicted molar refractivity (Wildman–Crippen MR) is 175 cm³/mol. The monoisotopic (exact) mass is 663 g/mol. The minimum Gasteiger partial charge on any atom is -0.464 e. The lowest BCUT2D eigenvalue weighted by Gasteiger charge is -2.36. The molecule has 0 aromatic heterocycles. The van der Waals surface area contributed by atoms with E-state index in [0.717, 1.165) is 74.0 Å². The summed E-state index contributed by atoms with van der Waals surface area (Å²) in [5.41, 5.74) is 0.992. The van der Waals surface area contributed by atoms with E-state index in [-0.39, 0.29) is 30.8 Å². The smallest absolute Gasteiger partial charge is 0.416 e. The first-order valence-corrected chi connectivity index (χ1v) is 16.0. The molecule has 0 aliphatic carbocycles. The summed E-state index contributed by atoms with van der Waals surface area (Å²) in [4.78, 5) is 20.8. The van der Waals surface area contributed by atoms with Gasteiger partial charge in [-0.05, 0) is 49.7 Å². The van der Waals surface area contributed by atoms with Crippen LogP contribution in [0, 0.1) is 0 Å². The number of benzene rings is 2. The van der Waals surface area contributed by atoms with Gasteiger partial charge in [-0.2, -0.15) is 13.2 Å². The van der Waals surface area contributed by atoms with Crippen molar-refractivity contribution in [1.82, 2.24) is 9.80 Å². The van der Waals surface area contributed by atoms with Gasteiger partial charge < -0.3 is 14.5 Å². The van der Waals surface area contributed by atoms with Gasteiger partial charge in [0.2, 0.25) is 0 Å². The van der Waals surface area contributed by atoms with Gasteiger partial charge in [0, 0.05) is 55.5 Å². The van der Waals surface area contributed by atoms with Gasteiger partial charge in [0.15, 0.2) is 0 Å². The maximum Gasteiger partial charge on any atom is 0.416 e. The summed E-state index contributed by atoms with van der Waals surface area (Å²) in [6, 6.07) is 12.0. The zero-order valence-electron chi connectivity index (χ0n) is 25.1. The van der Waals surface area contributed by atoms with Crippen molar-refractivity contribution >= 4 is 53.9 Å². The molecule has 0 unspecified atom stereocenters. The average molecular weight is 665 g/mol. The van der Waals surface area contributed by atoms with Crippen LogP contribution in [0.25, 0.3) is 0 Å². The molecule has 0 saturated carbocycles. The van der Waals surface area contributed by atoms with Gasteiger partial charge in [-0.15, -0.1) is 24.8 Å². The third-order valence-corrected chi connectivity index (χ3v) is 9.06. The Balaban J connectivity index is 0.00000323. The molecule has 4 rings (SSSR count). The molecular formula is C32H46Cl2F3N3O2S. The molecule has 0 bridgehead atoms. The summed E-state index contributed by atoms with van der Waals surface area (Å²) in [7, 11) is 0. The molecule has 2 heterocycles. The highest BCUT2D eigenvalue weighted by atomic mass is 35.5. The molecule has 0 atom stereocenters. The Bertz CT molecular complexity index is 1120. The van der Waals surface area contributed by atoms with Gasteiger partial charge in [0.05, 0.1) is 16.9 Å². The molecule has 2 aliphatic rings. The summed E-state index contributed by atoms with van der Waals surface area (Å²) in [5.74, 6) is -0.0844. The average Bonchev–Trinajstić information content (AvgIpc) is 2.96. The van der Waals surface area contributed by atoms with Gasteiger partial charge in [0.1, 0.15) is 6.61 Å². The number of esters is 1. The number of ether oxygens (including phenoxy) is 1. The van der Waals surface area contributed by atoms with Crippen LogP contribution in [-0.4, -0.2) is 68.2 Å². The Morgan fingerprint density at radius 3 is 2.12 bits per heavy atom. The molecule has 2 aromatic carbocycles. The fraction of sp³-hybridized carbons (Fsp3) is 0.594. The molecule has 11 heteroatoms. The Morgan fingerprint density at radius 2 is 1.42 bits per heavy atom. The number of hydrogen-bond acceptors (Lipinski definition) is 6. The Morgan fingerprint density at radius 1 is 0.791 bits per heavy atom. The van der Waals surface area contributed by atoms with Gasteiger partial charge in [-0.3, -0.25) is 9.69 Å². The second kappa shape index (κ2) is 19.0. The summed E-state index contributed by atoms with van der Waals surface area (Å²) in [5, 5.41) is 0. The van der Waals surface area contributed by atoms with E-state index in [9.17, 15) is 18.0 Å². The lowest BCUT2D eigenvalue weighted by atomic mass is 10.1. The first-order chi connectivity index (χ1) is 19.8. The molecule has 0 radical (unpaired) electrons. The molecule has 242 valence electrons. The molecule has 1 fully saturated rings. The van der Waals surface area contributed by atoms with Crippen LogP contribution in [0.4, 0.5) is 24.5 Å². The fourth-order valence-electron chi connectivity index (χ4n) is 5.52. The number of anilines is 2. The quantitative estimate of drug-likeness (QED) is 0.140. The van der Waals surface area contributed by atoms with E-state index in [1.807, 2.05) is 29.2 Å². The number of halogens is 5. The number of piperazine rings is 1. The maximum absolute atomic E-state index is 13.5. The Kier molecular flexibility index (Phi) is 16.6. The van der Waals surface area contributed by atoms with Crippen molar-refractivity contribution in [3.63, 3.8) is 0 Å². The number of carbonyl (C=O) groups excluding carboxylic acids is 1. The zero-order chi connectivity index (χ0) is 29.1. The lowest BCUT2D eigenvalue weighted by molar-refractivity contribution is -0.144. The molecule has 0 spiro atoms. The molecule has 2 aliphatic heterocycles. The summed E-state index contributed by atoms with van der Waals surface area (Å²) >= 11 is 1.53. The van der Waals surface area contributed by atoms with E-state index in [0.29, 0.717) is 25.3 Å². The zero-order valence-corrected chi connectivity index (χ0v) is 27.5. The highest BCUT2D eigenvalue weighted by molar-refractivity contribution is 7.99. The maximum atomic E-state index is 13.5. The minimum absolute atomic E-state index is 0. The van der Waals surface area contributed by atoms with Gasteiger partial charge in [0.25, 0.3) is 0 Å². The van der Waals surface area contributed by atoms with E-state index in [2.05, 4.69) is 16.7 Å². The molecule has 2 aromatic rings. The van der Waals surface area contributed by atoms with Crippen molar-refractivity contribution < 1.29 is 22.7 Å². The number of para-hydroxylation sites is 1. The summed E-state index contributed by atoms with van der Waals surface area (Å²) in [6.07, 6.45) is 5.33. The van der Waals surface area contributed by atoms with Crippen LogP contribution in [0.2, 0.25) is 0 Å². The SMILES string of the molecule is CCCCCCCCCC(=O)OCCN1CCN(CCCN2c3ccccc3Sc3ccc(C(F)(F)F)cc32)CC1.Cl.Cl. The van der Waals surface area contributed by atoms with Crippen LogP contribution in [0.15, 0.2) is 52.3 Å². The first-order valence-electron chi connectivity index (χ1n) is 15.2. The van der Waals surface area contributed by atoms with Crippen LogP contribution < -0.4 is 4.90 Å². The van der Waals surface area contributed by atoms with Crippen molar-refractivity contribution in [2.24, 2.45) is 0 Å². The van der Waals surface area contributed by atoms with Crippen LogP contribution in [0.5, 0.6) is 0 Å². The Hall–Kier alpha value is -1.65. The van der Waals surface area contributed by atoms with Crippen LogP contribution in [0.1, 0.15) is 70.3 Å². The van der Waals surface area contributed by atoms with Crippen molar-refractivity contribution in [3.05, 3.63) is 48.0 Å². The standard InChI is InChI=1S/C32H44F3N3O2S.2ClH/c1-2-3-4-5-6-7-8-14-31(39)40-24-23-37-21-19-36(20-22-37)17-11-18-38-27-12-9-10-13-29(27)41-30-16-15-26(25-28(30)38)32(33,34)35;;/h9-10,12-13,15-16,25H,2-8,11,14,17-24H2,1H3;2*1H. The normalized spacial score (nSPS) is 15.2. The number of rotatable bonds is 15. The largest absolute Gasteiger partial charge is 0.464 e. The minimum atomic E-state index is -4.37. The van der Waals surface area contributed by atoms with Gasteiger partial charge in [-0.1, -0.05) is 69.3 Å². The molecule has 0 N–H and O–H groups in total. The molecule has 5 nitrogen and oxygen atoms in total. The van der Waals surface area contributed by atoms with E-state index >= 15 is 0 Å². The number of nitrogens with zero attached hydrogens (tertiary/aromatic N) is 3. The van der Waals surface area contributed by atoms with Gasteiger partial charge >= 0.3 is 12.1 Å². The van der Waals surface area contributed by atoms with Crippen LogP contribution >= 0.6 is 36.6 Å². The van der Waals surface area contributed by atoms with Gasteiger partial charge in [-0.25, -0.2) is 0 Å². The van der Waals surface area contributed by atoms with Crippen LogP contribution in [-0.2, 0) is 15.7 Å². The first kappa shape index (κ1) is 37.5. The number of hydrogen-bond donors (Lipinski definition) is 0. The van der Waals surface area contributed by atoms with E-state index in [4.69, 9.17) is 4.74 Å². The summed E-state index contributed by atoms with van der Waals surface area (Å²) < 4.78 is 45.9. The van der Waals surface area contributed by atoms with Crippen molar-refractivity contribution in [2.75, 3.05) is 57.3 Å². The molecular weight excluding hydrogens is 618 g/mol. The third-order valence-electron chi connectivity index (χ3n) is 7.93. The lowest BCUT2D eigenvalue weighted by Crippen LogP contribution is -2.47. The van der Waals surface area contributed by atoms with Crippen molar-refractivity contribution in [2.45, 2.75) is 80.7 Å². The van der Waals surface area contributed by atoms with E-state index < -0.39 is 11.7 Å². The fourth-order valence-corrected chi connectivity index (χ4v) is 6.60. The second-order valence-corrected chi connectivity index (χ2v) is 12.1. The highest BCUT2D eigenvalue weighted by Crippen LogP contribution is 2.49. The number of carbonyl (C=O) groups is 1. The Labute approximate surface area is 271 Å². The number of unbranched alkanes of at least 4 members (excludes halogenated alkanes) is 6.